The van der Waals surface area contributed by atoms with E-state index in [2.05, 4.69) is 25.3 Å². The van der Waals surface area contributed by atoms with Gasteiger partial charge in [0.1, 0.15) is 18.4 Å². The fraction of sp³-hybridized carbons (Fsp3) is 0.250. The lowest BCUT2D eigenvalue weighted by Gasteiger charge is -2.29. The molecule has 0 bridgehead atoms. The Morgan fingerprint density at radius 2 is 2.00 bits per heavy atom. The number of fused-ring (bicyclic) bond motifs is 3. The molecule has 12 heteroatoms. The average Bonchev–Trinajstić information content (AvgIpc) is 2.98. The SMILES string of the molecule is C[N+]12c3cnc(C(F)(F)F)cc3N(c3cnccn3)C1N=NN2Cl. The van der Waals surface area contributed by atoms with Crippen LogP contribution in [0.4, 0.5) is 30.4 Å². The highest BCUT2D eigenvalue weighted by Gasteiger charge is 2.59. The summed E-state index contributed by atoms with van der Waals surface area (Å²) in [6.07, 6.45) is 0.156. The zero-order valence-corrected chi connectivity index (χ0v) is 12.8. The molecule has 0 aromatic carbocycles. The van der Waals surface area contributed by atoms with E-state index in [1.54, 1.807) is 7.05 Å². The van der Waals surface area contributed by atoms with Gasteiger partial charge in [-0.15, -0.1) is 4.59 Å². The Morgan fingerprint density at radius 1 is 1.21 bits per heavy atom. The summed E-state index contributed by atoms with van der Waals surface area (Å²) in [5.41, 5.74) is -0.353. The van der Waals surface area contributed by atoms with Gasteiger partial charge in [-0.3, -0.25) is 4.98 Å². The van der Waals surface area contributed by atoms with Crippen LogP contribution in [0.25, 0.3) is 0 Å². The highest BCUT2D eigenvalue weighted by atomic mass is 35.5. The quantitative estimate of drug-likeness (QED) is 0.579. The minimum absolute atomic E-state index is 0.182. The van der Waals surface area contributed by atoms with E-state index in [0.29, 0.717) is 11.5 Å². The third kappa shape index (κ3) is 1.88. The second kappa shape index (κ2) is 4.74. The molecule has 2 atom stereocenters. The van der Waals surface area contributed by atoms with Crippen molar-refractivity contribution in [1.29, 1.82) is 0 Å². The topological polar surface area (TPSA) is 69.9 Å². The molecular weight excluding hydrogens is 349 g/mol. The first-order valence-electron chi connectivity index (χ1n) is 6.70. The van der Waals surface area contributed by atoms with E-state index in [1.807, 2.05) is 0 Å². The lowest BCUT2D eigenvalue weighted by Crippen LogP contribution is -2.56. The lowest BCUT2D eigenvalue weighted by molar-refractivity contribution is -0.141. The number of quaternary nitrogens is 1. The monoisotopic (exact) mass is 357 g/mol. The summed E-state index contributed by atoms with van der Waals surface area (Å²) >= 11 is 6.10. The Bertz CT molecular complexity index is 829. The van der Waals surface area contributed by atoms with Gasteiger partial charge in [-0.1, -0.05) is 5.11 Å². The van der Waals surface area contributed by atoms with Crippen LogP contribution in [-0.2, 0) is 6.18 Å². The van der Waals surface area contributed by atoms with Crippen molar-refractivity contribution >= 4 is 29.0 Å². The van der Waals surface area contributed by atoms with Crippen LogP contribution in [-0.4, -0.2) is 32.9 Å². The van der Waals surface area contributed by atoms with Crippen molar-refractivity contribution in [2.24, 2.45) is 10.3 Å². The van der Waals surface area contributed by atoms with E-state index >= 15 is 0 Å². The van der Waals surface area contributed by atoms with E-state index in [0.717, 1.165) is 16.9 Å². The van der Waals surface area contributed by atoms with Crippen LogP contribution in [0.1, 0.15) is 5.69 Å². The van der Waals surface area contributed by atoms with Gasteiger partial charge < -0.3 is 0 Å². The van der Waals surface area contributed by atoms with Crippen LogP contribution >= 0.6 is 11.8 Å². The third-order valence-electron chi connectivity index (χ3n) is 3.95. The molecule has 0 saturated heterocycles. The first-order chi connectivity index (χ1) is 11.3. The molecule has 2 unspecified atom stereocenters. The summed E-state index contributed by atoms with van der Waals surface area (Å²) in [7, 11) is 1.67. The van der Waals surface area contributed by atoms with E-state index < -0.39 is 18.2 Å². The fourth-order valence-corrected chi connectivity index (χ4v) is 2.96. The summed E-state index contributed by atoms with van der Waals surface area (Å²) in [4.78, 5) is 13.1. The predicted octanol–water partition coefficient (Wildman–Crippen LogP) is 3.01. The number of hydrogen-bond acceptors (Lipinski definition) is 7. The van der Waals surface area contributed by atoms with Crippen LogP contribution in [0.3, 0.4) is 0 Å². The van der Waals surface area contributed by atoms with Crippen molar-refractivity contribution in [3.05, 3.63) is 36.5 Å². The van der Waals surface area contributed by atoms with Gasteiger partial charge in [0.2, 0.25) is 5.69 Å². The van der Waals surface area contributed by atoms with Crippen LogP contribution < -0.4 is 9.49 Å². The number of hydrogen-bond donors (Lipinski definition) is 0. The highest BCUT2D eigenvalue weighted by Crippen LogP contribution is 2.52. The number of nitrogens with zero attached hydrogens (tertiary/aromatic N) is 8. The summed E-state index contributed by atoms with van der Waals surface area (Å²) in [5, 5.41) is 7.85. The predicted molar refractivity (Wildman–Crippen MR) is 77.5 cm³/mol. The molecule has 2 aromatic rings. The molecule has 124 valence electrons. The van der Waals surface area contributed by atoms with Crippen molar-refractivity contribution < 1.29 is 13.2 Å². The first-order valence-corrected chi connectivity index (χ1v) is 7.03. The largest absolute Gasteiger partial charge is 0.433 e. The number of aromatic nitrogens is 3. The van der Waals surface area contributed by atoms with Gasteiger partial charge in [0, 0.05) is 12.4 Å². The lowest BCUT2D eigenvalue weighted by atomic mass is 10.2. The molecular formula is C12H9ClF3N8+. The Hall–Kier alpha value is -2.53. The molecule has 0 aliphatic carbocycles. The molecule has 4 heterocycles. The average molecular weight is 358 g/mol. The van der Waals surface area contributed by atoms with E-state index in [9.17, 15) is 13.2 Å². The van der Waals surface area contributed by atoms with Crippen molar-refractivity contribution in [3.63, 3.8) is 0 Å². The molecule has 0 N–H and O–H groups in total. The number of halogens is 4. The van der Waals surface area contributed by atoms with Gasteiger partial charge in [-0.2, -0.15) is 13.2 Å². The van der Waals surface area contributed by atoms with Crippen LogP contribution in [0.15, 0.2) is 41.2 Å². The molecule has 0 fully saturated rings. The summed E-state index contributed by atoms with van der Waals surface area (Å²) in [6.45, 7) is 0. The van der Waals surface area contributed by atoms with Gasteiger partial charge >= 0.3 is 12.5 Å². The smallest absolute Gasteiger partial charge is 0.259 e. The number of rotatable bonds is 1. The summed E-state index contributed by atoms with van der Waals surface area (Å²) < 4.78 is 40.0. The maximum Gasteiger partial charge on any atom is 0.433 e. The summed E-state index contributed by atoms with van der Waals surface area (Å²) in [5.74, 6) is 0.329. The van der Waals surface area contributed by atoms with Gasteiger partial charge in [0.05, 0.1) is 24.2 Å². The van der Waals surface area contributed by atoms with E-state index in [4.69, 9.17) is 11.8 Å². The minimum atomic E-state index is -4.57. The molecule has 2 aliphatic rings. The molecule has 0 radical (unpaired) electrons. The van der Waals surface area contributed by atoms with Gasteiger partial charge in [0.15, 0.2) is 5.82 Å². The van der Waals surface area contributed by atoms with Crippen molar-refractivity contribution in [3.8, 4) is 0 Å². The molecule has 2 aliphatic heterocycles. The summed E-state index contributed by atoms with van der Waals surface area (Å²) in [6, 6.07) is 0.950. The van der Waals surface area contributed by atoms with Crippen molar-refractivity contribution in [1.82, 2.24) is 24.2 Å². The Balaban J connectivity index is 1.95. The number of alkyl halides is 3. The standard InChI is InChI=1S/C12H9ClF3N8/c1-24-8-5-19-9(12(14,15)16)4-7(8)22(10-6-17-2-3-18-10)11(24)20-21-23(24)13/h2-6,11H,1H3/q+1. The maximum atomic E-state index is 13.1. The molecule has 0 spiro atoms. The number of anilines is 2. The van der Waals surface area contributed by atoms with E-state index in [1.165, 1.54) is 23.5 Å². The Morgan fingerprint density at radius 3 is 2.67 bits per heavy atom. The van der Waals surface area contributed by atoms with Crippen molar-refractivity contribution in [2.75, 3.05) is 11.9 Å². The van der Waals surface area contributed by atoms with Crippen molar-refractivity contribution in [2.45, 2.75) is 12.5 Å². The normalized spacial score (nSPS) is 25.1. The zero-order valence-electron chi connectivity index (χ0n) is 12.1. The molecule has 4 rings (SSSR count). The van der Waals surface area contributed by atoms with Gasteiger partial charge in [-0.25, -0.2) is 14.9 Å². The fourth-order valence-electron chi connectivity index (χ4n) is 2.76. The molecule has 2 aromatic heterocycles. The number of pyridine rings is 1. The second-order valence-electron chi connectivity index (χ2n) is 5.31. The highest BCUT2D eigenvalue weighted by molar-refractivity contribution is 6.13. The zero-order chi connectivity index (χ0) is 17.1. The maximum absolute atomic E-state index is 13.1. The van der Waals surface area contributed by atoms with Crippen LogP contribution in [0, 0.1) is 0 Å². The molecule has 0 saturated carbocycles. The first kappa shape index (κ1) is 15.0. The minimum Gasteiger partial charge on any atom is -0.259 e. The second-order valence-corrected chi connectivity index (χ2v) is 5.61. The Kier molecular flexibility index (Phi) is 2.97. The van der Waals surface area contributed by atoms with Gasteiger partial charge in [0.25, 0.3) is 0 Å². The molecule has 0 amide bonds. The third-order valence-corrected chi connectivity index (χ3v) is 4.33. The van der Waals surface area contributed by atoms with Gasteiger partial charge in [-0.05, 0) is 15.9 Å². The van der Waals surface area contributed by atoms with Crippen LogP contribution in [0.2, 0.25) is 0 Å². The molecule has 24 heavy (non-hydrogen) atoms. The Labute approximate surface area is 138 Å². The van der Waals surface area contributed by atoms with Crippen LogP contribution in [0.5, 0.6) is 0 Å². The molecule has 8 nitrogen and oxygen atoms in total. The van der Waals surface area contributed by atoms with E-state index in [-0.39, 0.29) is 10.3 Å².